The normalized spacial score (nSPS) is 9.92. The summed E-state index contributed by atoms with van der Waals surface area (Å²) >= 11 is 0. The van der Waals surface area contributed by atoms with Gasteiger partial charge in [0.05, 0.1) is 6.20 Å². The number of imidazole rings is 1. The van der Waals surface area contributed by atoms with Crippen molar-refractivity contribution in [1.82, 2.24) is 9.38 Å². The van der Waals surface area contributed by atoms with Gasteiger partial charge in [-0.05, 0) is 12.1 Å². The van der Waals surface area contributed by atoms with Crippen molar-refractivity contribution in [1.29, 1.82) is 5.26 Å². The number of aromatic nitrogens is 2. The summed E-state index contributed by atoms with van der Waals surface area (Å²) in [5.41, 5.74) is 1.00. The summed E-state index contributed by atoms with van der Waals surface area (Å²) in [7, 11) is 0. The molecule has 0 bridgehead atoms. The maximum atomic E-state index is 9.08. The van der Waals surface area contributed by atoms with Crippen LogP contribution in [-0.2, 0) is 0 Å². The van der Waals surface area contributed by atoms with Crippen LogP contribution in [0.3, 0.4) is 0 Å². The van der Waals surface area contributed by atoms with Gasteiger partial charge in [-0.3, -0.25) is 0 Å². The number of pyridine rings is 1. The van der Waals surface area contributed by atoms with Gasteiger partial charge in [0.1, 0.15) is 17.5 Å². The third-order valence-electron chi connectivity index (χ3n) is 1.55. The molecule has 4 nitrogen and oxygen atoms in total. The predicted molar refractivity (Wildman–Crippen MR) is 41.6 cm³/mol. The first kappa shape index (κ1) is 6.68. The van der Waals surface area contributed by atoms with Crippen LogP contribution in [0.2, 0.25) is 0 Å². The molecule has 0 amide bonds. The highest BCUT2D eigenvalue weighted by Gasteiger charge is 1.99. The van der Waals surface area contributed by atoms with E-state index in [1.54, 1.807) is 16.7 Å². The average Bonchev–Trinajstić information content (AvgIpc) is 2.46. The highest BCUT2D eigenvalue weighted by molar-refractivity contribution is 5.44. The van der Waals surface area contributed by atoms with Crippen molar-refractivity contribution in [3.8, 4) is 11.8 Å². The predicted octanol–water partition coefficient (Wildman–Crippen LogP) is 0.912. The minimum Gasteiger partial charge on any atom is -0.506 e. The molecule has 1 N–H and O–H groups in total. The van der Waals surface area contributed by atoms with E-state index in [1.165, 1.54) is 12.3 Å². The monoisotopic (exact) mass is 159 g/mol. The number of nitrogens with zero attached hydrogens (tertiary/aromatic N) is 3. The molecular weight excluding hydrogens is 154 g/mol. The summed E-state index contributed by atoms with van der Waals surface area (Å²) in [5.74, 6) is 0.157. The van der Waals surface area contributed by atoms with Crippen LogP contribution in [0.5, 0.6) is 5.75 Å². The van der Waals surface area contributed by atoms with Crippen molar-refractivity contribution >= 4 is 5.65 Å². The number of rotatable bonds is 0. The molecule has 0 saturated carbocycles. The van der Waals surface area contributed by atoms with Crippen molar-refractivity contribution in [2.75, 3.05) is 0 Å². The lowest BCUT2D eigenvalue weighted by molar-refractivity contribution is 0.472. The van der Waals surface area contributed by atoms with Crippen molar-refractivity contribution in [2.24, 2.45) is 0 Å². The van der Waals surface area contributed by atoms with E-state index in [9.17, 15) is 0 Å². The largest absolute Gasteiger partial charge is 0.506 e. The molecule has 0 spiro atoms. The molecule has 0 saturated heterocycles. The zero-order valence-electron chi connectivity index (χ0n) is 6.10. The Kier molecular flexibility index (Phi) is 1.25. The first-order chi connectivity index (χ1) is 5.79. The fraction of sp³-hybridized carbons (Fsp3) is 0. The van der Waals surface area contributed by atoms with Crippen LogP contribution < -0.4 is 0 Å². The lowest BCUT2D eigenvalue weighted by Gasteiger charge is -1.91. The zero-order chi connectivity index (χ0) is 8.55. The van der Waals surface area contributed by atoms with Crippen LogP contribution >= 0.6 is 0 Å². The van der Waals surface area contributed by atoms with E-state index < -0.39 is 0 Å². The second-order valence-electron chi connectivity index (χ2n) is 2.39. The van der Waals surface area contributed by atoms with E-state index >= 15 is 0 Å². The molecule has 2 rings (SSSR count). The molecule has 0 aliphatic heterocycles. The van der Waals surface area contributed by atoms with Gasteiger partial charge in [0.25, 0.3) is 0 Å². The molecule has 4 heteroatoms. The van der Waals surface area contributed by atoms with Crippen LogP contribution in [-0.4, -0.2) is 14.5 Å². The Bertz CT molecular complexity index is 467. The van der Waals surface area contributed by atoms with Crippen LogP contribution in [0.1, 0.15) is 5.69 Å². The standard InChI is InChI=1S/C8H5N3O/c9-3-6-4-11-5-7(12)1-2-8(11)10-6/h1-2,4-5,12H. The summed E-state index contributed by atoms with van der Waals surface area (Å²) in [4.78, 5) is 3.96. The third kappa shape index (κ3) is 0.883. The maximum Gasteiger partial charge on any atom is 0.159 e. The minimum absolute atomic E-state index is 0.157. The fourth-order valence-corrected chi connectivity index (χ4v) is 1.03. The SMILES string of the molecule is N#Cc1cn2cc(O)ccc2n1. The van der Waals surface area contributed by atoms with E-state index in [4.69, 9.17) is 10.4 Å². The molecule has 2 aromatic rings. The van der Waals surface area contributed by atoms with Crippen LogP contribution in [0.4, 0.5) is 0 Å². The van der Waals surface area contributed by atoms with Crippen LogP contribution in [0.25, 0.3) is 5.65 Å². The quantitative estimate of drug-likeness (QED) is 0.621. The van der Waals surface area contributed by atoms with E-state index in [0.717, 1.165) is 0 Å². The van der Waals surface area contributed by atoms with Gasteiger partial charge in [0.2, 0.25) is 0 Å². The van der Waals surface area contributed by atoms with Crippen molar-refractivity contribution < 1.29 is 5.11 Å². The molecule has 0 unspecified atom stereocenters. The first-order valence-electron chi connectivity index (χ1n) is 3.37. The van der Waals surface area contributed by atoms with Crippen LogP contribution in [0.15, 0.2) is 24.5 Å². The summed E-state index contributed by atoms with van der Waals surface area (Å²) in [6.07, 6.45) is 3.07. The maximum absolute atomic E-state index is 9.08. The molecule has 0 aliphatic carbocycles. The molecule has 0 aromatic carbocycles. The molecule has 0 radical (unpaired) electrons. The zero-order valence-corrected chi connectivity index (χ0v) is 6.10. The van der Waals surface area contributed by atoms with Crippen LogP contribution in [0, 0.1) is 11.3 Å². The Balaban J connectivity index is 2.77. The van der Waals surface area contributed by atoms with Gasteiger partial charge in [-0.25, -0.2) is 4.98 Å². The van der Waals surface area contributed by atoms with Gasteiger partial charge in [-0.1, -0.05) is 0 Å². The number of fused-ring (bicyclic) bond motifs is 1. The second kappa shape index (κ2) is 2.24. The van der Waals surface area contributed by atoms with Gasteiger partial charge in [-0.15, -0.1) is 0 Å². The van der Waals surface area contributed by atoms with E-state index in [0.29, 0.717) is 11.3 Å². The highest BCUT2D eigenvalue weighted by Crippen LogP contribution is 2.10. The topological polar surface area (TPSA) is 61.3 Å². The molecular formula is C8H5N3O. The van der Waals surface area contributed by atoms with Crippen molar-refractivity contribution in [2.45, 2.75) is 0 Å². The first-order valence-corrected chi connectivity index (χ1v) is 3.37. The van der Waals surface area contributed by atoms with Gasteiger partial charge >= 0.3 is 0 Å². The number of hydrogen-bond acceptors (Lipinski definition) is 3. The lowest BCUT2D eigenvalue weighted by atomic mass is 10.4. The summed E-state index contributed by atoms with van der Waals surface area (Å²) in [5, 5.41) is 17.6. The average molecular weight is 159 g/mol. The Morgan fingerprint density at radius 1 is 1.42 bits per heavy atom. The Hall–Kier alpha value is -2.02. The van der Waals surface area contributed by atoms with E-state index in [-0.39, 0.29) is 5.75 Å². The minimum atomic E-state index is 0.157. The van der Waals surface area contributed by atoms with Crippen molar-refractivity contribution in [3.05, 3.63) is 30.2 Å². The smallest absolute Gasteiger partial charge is 0.159 e. The van der Waals surface area contributed by atoms with Crippen molar-refractivity contribution in [3.63, 3.8) is 0 Å². The van der Waals surface area contributed by atoms with Gasteiger partial charge in [0.15, 0.2) is 5.69 Å². The number of hydrogen-bond donors (Lipinski definition) is 1. The second-order valence-corrected chi connectivity index (χ2v) is 2.39. The molecule has 12 heavy (non-hydrogen) atoms. The Morgan fingerprint density at radius 2 is 2.25 bits per heavy atom. The summed E-state index contributed by atoms with van der Waals surface area (Å²) in [6.45, 7) is 0. The molecule has 58 valence electrons. The summed E-state index contributed by atoms with van der Waals surface area (Å²) < 4.78 is 1.61. The van der Waals surface area contributed by atoms with Gasteiger partial charge < -0.3 is 9.51 Å². The molecule has 2 heterocycles. The van der Waals surface area contributed by atoms with E-state index in [2.05, 4.69) is 4.98 Å². The molecule has 0 atom stereocenters. The Morgan fingerprint density at radius 3 is 3.00 bits per heavy atom. The number of aromatic hydroxyl groups is 1. The fourth-order valence-electron chi connectivity index (χ4n) is 1.03. The van der Waals surface area contributed by atoms with Gasteiger partial charge in [0, 0.05) is 6.20 Å². The third-order valence-corrected chi connectivity index (χ3v) is 1.55. The van der Waals surface area contributed by atoms with Gasteiger partial charge in [-0.2, -0.15) is 5.26 Å². The molecule has 0 aliphatic rings. The lowest BCUT2D eigenvalue weighted by Crippen LogP contribution is -1.79. The highest BCUT2D eigenvalue weighted by atomic mass is 16.3. The number of nitriles is 1. The summed E-state index contributed by atoms with van der Waals surface area (Å²) in [6, 6.07) is 5.10. The molecule has 0 fully saturated rings. The Labute approximate surface area is 68.3 Å². The van der Waals surface area contributed by atoms with E-state index in [1.807, 2.05) is 6.07 Å². The molecule has 2 aromatic heterocycles.